The minimum absolute atomic E-state index is 0.253. The van der Waals surface area contributed by atoms with Crippen molar-refractivity contribution in [2.45, 2.75) is 12.8 Å². The van der Waals surface area contributed by atoms with Crippen LogP contribution in [0.25, 0.3) is 21.7 Å². The van der Waals surface area contributed by atoms with Crippen molar-refractivity contribution in [3.63, 3.8) is 0 Å². The van der Waals surface area contributed by atoms with Gasteiger partial charge < -0.3 is 9.32 Å². The van der Waals surface area contributed by atoms with Gasteiger partial charge in [-0.2, -0.15) is 5.10 Å². The molecule has 0 aliphatic carbocycles. The van der Waals surface area contributed by atoms with Gasteiger partial charge in [-0.1, -0.05) is 11.3 Å². The predicted octanol–water partition coefficient (Wildman–Crippen LogP) is 2.24. The molecule has 3 aromatic heterocycles. The first-order valence-electron chi connectivity index (χ1n) is 6.51. The summed E-state index contributed by atoms with van der Waals surface area (Å²) in [5.74, 6) is 0.642. The predicted molar refractivity (Wildman–Crippen MR) is 77.2 cm³/mol. The third kappa shape index (κ3) is 1.74. The number of fused-ring (bicyclic) bond motifs is 1. The van der Waals surface area contributed by atoms with E-state index in [2.05, 4.69) is 20.1 Å². The molecular formula is C13H12N4O2S. The highest BCUT2D eigenvalue weighted by atomic mass is 32.1. The monoisotopic (exact) mass is 288 g/mol. The molecule has 0 unspecified atom stereocenters. The second-order valence-electron chi connectivity index (χ2n) is 4.75. The van der Waals surface area contributed by atoms with E-state index in [0.717, 1.165) is 22.9 Å². The molecule has 0 atom stereocenters. The van der Waals surface area contributed by atoms with E-state index < -0.39 is 0 Å². The highest BCUT2D eigenvalue weighted by Gasteiger charge is 2.20. The summed E-state index contributed by atoms with van der Waals surface area (Å²) in [6.45, 7) is 2.00. The summed E-state index contributed by atoms with van der Waals surface area (Å²) in [5, 5.41) is 7.50. The summed E-state index contributed by atoms with van der Waals surface area (Å²) in [5.41, 5.74) is 0.836. The van der Waals surface area contributed by atoms with E-state index in [-0.39, 0.29) is 5.56 Å². The van der Waals surface area contributed by atoms with Gasteiger partial charge in [-0.15, -0.1) is 0 Å². The average molecular weight is 288 g/mol. The van der Waals surface area contributed by atoms with Crippen molar-refractivity contribution in [1.29, 1.82) is 0 Å². The summed E-state index contributed by atoms with van der Waals surface area (Å²) in [7, 11) is 0. The van der Waals surface area contributed by atoms with E-state index in [9.17, 15) is 4.79 Å². The minimum Gasteiger partial charge on any atom is -0.463 e. The summed E-state index contributed by atoms with van der Waals surface area (Å²) >= 11 is 1.51. The molecule has 0 amide bonds. The molecule has 1 fully saturated rings. The second-order valence-corrected chi connectivity index (χ2v) is 5.72. The van der Waals surface area contributed by atoms with E-state index in [1.54, 1.807) is 12.3 Å². The van der Waals surface area contributed by atoms with Gasteiger partial charge in [0.25, 0.3) is 5.56 Å². The van der Waals surface area contributed by atoms with Crippen LogP contribution < -0.4 is 10.5 Å². The zero-order chi connectivity index (χ0) is 13.5. The third-order valence-corrected chi connectivity index (χ3v) is 4.57. The average Bonchev–Trinajstić information content (AvgIpc) is 3.20. The van der Waals surface area contributed by atoms with Crippen molar-refractivity contribution in [3.05, 3.63) is 28.7 Å². The van der Waals surface area contributed by atoms with E-state index in [1.165, 1.54) is 24.2 Å². The van der Waals surface area contributed by atoms with Crippen LogP contribution in [-0.4, -0.2) is 28.3 Å². The van der Waals surface area contributed by atoms with Crippen LogP contribution in [-0.2, 0) is 0 Å². The van der Waals surface area contributed by atoms with Crippen molar-refractivity contribution < 1.29 is 4.42 Å². The summed E-state index contributed by atoms with van der Waals surface area (Å²) in [4.78, 5) is 18.6. The molecule has 0 radical (unpaired) electrons. The van der Waals surface area contributed by atoms with Crippen LogP contribution in [0.5, 0.6) is 0 Å². The lowest BCUT2D eigenvalue weighted by Gasteiger charge is -2.11. The Morgan fingerprint density at radius 2 is 2.20 bits per heavy atom. The quantitative estimate of drug-likeness (QED) is 0.782. The molecule has 0 saturated carbocycles. The molecule has 102 valence electrons. The molecule has 3 aromatic rings. The molecule has 1 saturated heterocycles. The number of nitrogens with zero attached hydrogens (tertiary/aromatic N) is 3. The third-order valence-electron chi connectivity index (χ3n) is 3.45. The number of rotatable bonds is 2. The Morgan fingerprint density at radius 3 is 2.95 bits per heavy atom. The van der Waals surface area contributed by atoms with Gasteiger partial charge in [0, 0.05) is 13.1 Å². The number of anilines is 1. The fraction of sp³-hybridized carbons (Fsp3) is 0.308. The Balaban J connectivity index is 1.93. The fourth-order valence-corrected chi connectivity index (χ4v) is 3.57. The fourth-order valence-electron chi connectivity index (χ4n) is 2.46. The number of hydrogen-bond acceptors (Lipinski definition) is 6. The van der Waals surface area contributed by atoms with Gasteiger partial charge in [-0.3, -0.25) is 4.79 Å². The zero-order valence-electron chi connectivity index (χ0n) is 10.6. The van der Waals surface area contributed by atoms with E-state index in [4.69, 9.17) is 4.42 Å². The van der Waals surface area contributed by atoms with Crippen LogP contribution in [0.15, 0.2) is 27.6 Å². The topological polar surface area (TPSA) is 75.0 Å². The number of aromatic nitrogens is 3. The largest absolute Gasteiger partial charge is 0.463 e. The number of H-pyrrole nitrogens is 1. The Kier molecular flexibility index (Phi) is 2.59. The van der Waals surface area contributed by atoms with Gasteiger partial charge in [-0.25, -0.2) is 10.1 Å². The lowest BCUT2D eigenvalue weighted by Crippen LogP contribution is -2.17. The summed E-state index contributed by atoms with van der Waals surface area (Å²) in [6, 6.07) is 3.63. The number of furan rings is 1. The van der Waals surface area contributed by atoms with Crippen LogP contribution in [0.2, 0.25) is 0 Å². The molecule has 6 nitrogen and oxygen atoms in total. The molecule has 1 aliphatic heterocycles. The summed E-state index contributed by atoms with van der Waals surface area (Å²) in [6.07, 6.45) is 3.95. The van der Waals surface area contributed by atoms with Crippen LogP contribution >= 0.6 is 11.3 Å². The first-order valence-corrected chi connectivity index (χ1v) is 7.32. The van der Waals surface area contributed by atoms with Gasteiger partial charge in [0.15, 0.2) is 16.4 Å². The molecule has 4 heterocycles. The molecule has 20 heavy (non-hydrogen) atoms. The molecular weight excluding hydrogens is 276 g/mol. The van der Waals surface area contributed by atoms with E-state index in [0.29, 0.717) is 17.0 Å². The Morgan fingerprint density at radius 1 is 1.35 bits per heavy atom. The van der Waals surface area contributed by atoms with E-state index >= 15 is 0 Å². The van der Waals surface area contributed by atoms with Gasteiger partial charge in [0.05, 0.1) is 11.0 Å². The normalized spacial score (nSPS) is 15.3. The van der Waals surface area contributed by atoms with Crippen LogP contribution in [0, 0.1) is 0 Å². The van der Waals surface area contributed by atoms with Gasteiger partial charge in [-0.05, 0) is 25.0 Å². The van der Waals surface area contributed by atoms with Crippen LogP contribution in [0.3, 0.4) is 0 Å². The molecule has 1 aliphatic rings. The highest BCUT2D eigenvalue weighted by molar-refractivity contribution is 7.22. The maximum atomic E-state index is 11.9. The Bertz CT molecular complexity index is 800. The van der Waals surface area contributed by atoms with Gasteiger partial charge in [0.1, 0.15) is 5.69 Å². The van der Waals surface area contributed by atoms with Gasteiger partial charge in [0.2, 0.25) is 0 Å². The molecule has 0 spiro atoms. The van der Waals surface area contributed by atoms with Crippen molar-refractivity contribution >= 4 is 26.7 Å². The smallest absolute Gasteiger partial charge is 0.291 e. The van der Waals surface area contributed by atoms with Crippen LogP contribution in [0.1, 0.15) is 12.8 Å². The number of aromatic amines is 1. The molecule has 4 rings (SSSR count). The van der Waals surface area contributed by atoms with Crippen molar-refractivity contribution in [2.24, 2.45) is 0 Å². The number of thiazole rings is 1. The van der Waals surface area contributed by atoms with E-state index in [1.807, 2.05) is 6.07 Å². The van der Waals surface area contributed by atoms with Crippen molar-refractivity contribution in [1.82, 2.24) is 15.2 Å². The SMILES string of the molecule is O=c1[nH]nc(-c2ccco2)c2sc(N3CCCC3)nc12. The maximum absolute atomic E-state index is 11.9. The standard InChI is InChI=1S/C13H12N4O2S/c18-12-10-11(9(15-16-12)8-4-3-7-19-8)20-13(14-10)17-5-1-2-6-17/h3-4,7H,1-2,5-6H2,(H,16,18). The maximum Gasteiger partial charge on any atom is 0.291 e. The second kappa shape index (κ2) is 4.45. The molecule has 0 bridgehead atoms. The molecule has 0 aromatic carbocycles. The zero-order valence-corrected chi connectivity index (χ0v) is 11.4. The van der Waals surface area contributed by atoms with Crippen molar-refractivity contribution in [3.8, 4) is 11.5 Å². The first kappa shape index (κ1) is 11.7. The van der Waals surface area contributed by atoms with Gasteiger partial charge >= 0.3 is 0 Å². The molecule has 7 heteroatoms. The van der Waals surface area contributed by atoms with Crippen molar-refractivity contribution in [2.75, 3.05) is 18.0 Å². The van der Waals surface area contributed by atoms with Crippen LogP contribution in [0.4, 0.5) is 5.13 Å². The first-order chi connectivity index (χ1) is 9.83. The lowest BCUT2D eigenvalue weighted by atomic mass is 10.3. The summed E-state index contributed by atoms with van der Waals surface area (Å²) < 4.78 is 6.17. The lowest BCUT2D eigenvalue weighted by molar-refractivity contribution is 0.579. The highest BCUT2D eigenvalue weighted by Crippen LogP contribution is 2.34. The Hall–Kier alpha value is -2.15. The number of hydrogen-bond donors (Lipinski definition) is 1. The number of nitrogens with one attached hydrogen (secondary N) is 1. The minimum atomic E-state index is -0.253. The Labute approximate surface area is 118 Å². The molecule has 1 N–H and O–H groups in total.